The highest BCUT2D eigenvalue weighted by Crippen LogP contribution is 2.29. The molecule has 3 rings (SSSR count). The van der Waals surface area contributed by atoms with Gasteiger partial charge in [0, 0.05) is 6.07 Å². The Bertz CT molecular complexity index is 813. The lowest BCUT2D eigenvalue weighted by atomic mass is 10.2. The first-order valence-corrected chi connectivity index (χ1v) is 6.52. The zero-order valence-corrected chi connectivity index (χ0v) is 12.3. The van der Waals surface area contributed by atoms with Gasteiger partial charge in [-0.05, 0) is 12.1 Å². The van der Waals surface area contributed by atoms with E-state index in [0.29, 0.717) is 17.2 Å². The summed E-state index contributed by atoms with van der Waals surface area (Å²) in [6.45, 7) is 0. The zero-order valence-electron chi connectivity index (χ0n) is 12.3. The summed E-state index contributed by atoms with van der Waals surface area (Å²) in [7, 11) is 3.05. The van der Waals surface area contributed by atoms with Gasteiger partial charge in [-0.3, -0.25) is 14.5 Å². The van der Waals surface area contributed by atoms with Gasteiger partial charge in [-0.1, -0.05) is 0 Å². The van der Waals surface area contributed by atoms with Crippen LogP contribution in [-0.2, 0) is 0 Å². The molecule has 0 aliphatic heterocycles. The van der Waals surface area contributed by atoms with E-state index >= 15 is 0 Å². The van der Waals surface area contributed by atoms with Gasteiger partial charge in [0.2, 0.25) is 5.82 Å². The van der Waals surface area contributed by atoms with E-state index in [1.54, 1.807) is 25.3 Å². The number of methoxy groups -OCH3 is 2. The smallest absolute Gasteiger partial charge is 0.293 e. The van der Waals surface area contributed by atoms with Crippen LogP contribution in [0.5, 0.6) is 11.5 Å². The van der Waals surface area contributed by atoms with Crippen molar-refractivity contribution in [3.63, 3.8) is 0 Å². The molecule has 3 aromatic rings. The number of benzene rings is 1. The molecule has 23 heavy (non-hydrogen) atoms. The molecule has 2 N–H and O–H groups in total. The van der Waals surface area contributed by atoms with Gasteiger partial charge in [-0.15, -0.1) is 15.3 Å². The van der Waals surface area contributed by atoms with E-state index in [9.17, 15) is 4.79 Å². The summed E-state index contributed by atoms with van der Waals surface area (Å²) in [4.78, 5) is 16.3. The highest BCUT2D eigenvalue weighted by Gasteiger charge is 2.15. The van der Waals surface area contributed by atoms with E-state index < -0.39 is 5.91 Å². The molecule has 0 unspecified atom stereocenters. The highest BCUT2D eigenvalue weighted by atomic mass is 16.5. The Labute approximate surface area is 130 Å². The molecule has 0 fully saturated rings. The molecule has 0 saturated carbocycles. The first kappa shape index (κ1) is 14.5. The molecule has 118 valence electrons. The van der Waals surface area contributed by atoms with Crippen molar-refractivity contribution in [1.82, 2.24) is 29.9 Å². The number of H-pyrrole nitrogens is 1. The topological polar surface area (TPSA) is 120 Å². The first-order valence-electron chi connectivity index (χ1n) is 6.52. The highest BCUT2D eigenvalue weighted by molar-refractivity contribution is 6.02. The van der Waals surface area contributed by atoms with Gasteiger partial charge >= 0.3 is 0 Å². The van der Waals surface area contributed by atoms with Crippen molar-refractivity contribution in [1.29, 1.82) is 0 Å². The minimum Gasteiger partial charge on any atom is -0.497 e. The lowest BCUT2D eigenvalue weighted by Gasteiger charge is -2.10. The van der Waals surface area contributed by atoms with Crippen LogP contribution in [0, 0.1) is 0 Å². The molecule has 1 aromatic carbocycles. The standard InChI is InChI=1S/C13H13N7O3/c1-22-8-3-4-9(10(5-8)23-2)16-12(21)11-17-13(19-18-11)20-6-14-15-7-20/h3-7H,1-2H3,(H,16,21)(H,17,18,19). The number of aromatic amines is 1. The molecule has 2 aromatic heterocycles. The van der Waals surface area contributed by atoms with Gasteiger partial charge in [-0.2, -0.15) is 4.98 Å². The monoisotopic (exact) mass is 315 g/mol. The largest absolute Gasteiger partial charge is 0.497 e. The molecule has 10 nitrogen and oxygen atoms in total. The Morgan fingerprint density at radius 2 is 2.00 bits per heavy atom. The fourth-order valence-corrected chi connectivity index (χ4v) is 1.86. The summed E-state index contributed by atoms with van der Waals surface area (Å²) in [5.41, 5.74) is 0.487. The van der Waals surface area contributed by atoms with E-state index in [-0.39, 0.29) is 11.8 Å². The summed E-state index contributed by atoms with van der Waals surface area (Å²) in [5, 5.41) is 16.5. The number of amides is 1. The van der Waals surface area contributed by atoms with Crippen LogP contribution in [0.4, 0.5) is 5.69 Å². The predicted molar refractivity (Wildman–Crippen MR) is 78.8 cm³/mol. The first-order chi connectivity index (χ1) is 11.2. The van der Waals surface area contributed by atoms with Gasteiger partial charge in [-0.25, -0.2) is 0 Å². The maximum Gasteiger partial charge on any atom is 0.293 e. The van der Waals surface area contributed by atoms with Crippen molar-refractivity contribution in [3.05, 3.63) is 36.7 Å². The fourth-order valence-electron chi connectivity index (χ4n) is 1.86. The lowest BCUT2D eigenvalue weighted by molar-refractivity contribution is 0.101. The van der Waals surface area contributed by atoms with E-state index in [2.05, 4.69) is 30.7 Å². The van der Waals surface area contributed by atoms with Crippen LogP contribution in [0.15, 0.2) is 30.9 Å². The summed E-state index contributed by atoms with van der Waals surface area (Å²) in [5.74, 6) is 0.944. The molecule has 0 radical (unpaired) electrons. The maximum absolute atomic E-state index is 12.2. The van der Waals surface area contributed by atoms with Crippen LogP contribution >= 0.6 is 0 Å². The van der Waals surface area contributed by atoms with Crippen LogP contribution in [0.25, 0.3) is 5.95 Å². The van der Waals surface area contributed by atoms with Crippen molar-refractivity contribution in [2.24, 2.45) is 0 Å². The molecular formula is C13H13N7O3. The number of carbonyl (C=O) groups is 1. The molecule has 0 saturated heterocycles. The molecule has 0 spiro atoms. The summed E-state index contributed by atoms with van der Waals surface area (Å²) >= 11 is 0. The third-order valence-corrected chi connectivity index (χ3v) is 3.00. The van der Waals surface area contributed by atoms with Crippen molar-refractivity contribution >= 4 is 11.6 Å². The quantitative estimate of drug-likeness (QED) is 0.709. The van der Waals surface area contributed by atoms with Gasteiger partial charge in [0.05, 0.1) is 19.9 Å². The average Bonchev–Trinajstić information content (AvgIpc) is 3.26. The van der Waals surface area contributed by atoms with Gasteiger partial charge in [0.25, 0.3) is 11.9 Å². The second-order valence-corrected chi connectivity index (χ2v) is 4.37. The van der Waals surface area contributed by atoms with E-state index in [1.807, 2.05) is 0 Å². The van der Waals surface area contributed by atoms with Crippen molar-refractivity contribution in [2.45, 2.75) is 0 Å². The fraction of sp³-hybridized carbons (Fsp3) is 0.154. The van der Waals surface area contributed by atoms with Crippen molar-refractivity contribution in [2.75, 3.05) is 19.5 Å². The number of ether oxygens (including phenoxy) is 2. The van der Waals surface area contributed by atoms with E-state index in [1.165, 1.54) is 24.3 Å². The minimum absolute atomic E-state index is 0.0478. The third-order valence-electron chi connectivity index (χ3n) is 3.00. The van der Waals surface area contributed by atoms with Crippen LogP contribution < -0.4 is 14.8 Å². The second-order valence-electron chi connectivity index (χ2n) is 4.37. The van der Waals surface area contributed by atoms with Crippen LogP contribution in [-0.4, -0.2) is 50.1 Å². The van der Waals surface area contributed by atoms with Gasteiger partial charge < -0.3 is 14.8 Å². The van der Waals surface area contributed by atoms with Crippen molar-refractivity contribution in [3.8, 4) is 17.4 Å². The number of aromatic nitrogens is 6. The van der Waals surface area contributed by atoms with Crippen molar-refractivity contribution < 1.29 is 14.3 Å². The Morgan fingerprint density at radius 1 is 1.22 bits per heavy atom. The summed E-state index contributed by atoms with van der Waals surface area (Å²) in [6, 6.07) is 5.05. The van der Waals surface area contributed by atoms with Gasteiger partial charge in [0.1, 0.15) is 24.2 Å². The number of carbonyl (C=O) groups excluding carboxylic acids is 1. The molecule has 0 aliphatic carbocycles. The number of nitrogens with zero attached hydrogens (tertiary/aromatic N) is 5. The minimum atomic E-state index is -0.458. The second kappa shape index (κ2) is 6.13. The Morgan fingerprint density at radius 3 is 2.70 bits per heavy atom. The Balaban J connectivity index is 1.79. The number of anilines is 1. The number of nitrogens with one attached hydrogen (secondary N) is 2. The van der Waals surface area contributed by atoms with E-state index in [0.717, 1.165) is 0 Å². The Kier molecular flexibility index (Phi) is 3.87. The summed E-state index contributed by atoms with van der Waals surface area (Å²) < 4.78 is 11.8. The molecule has 0 aliphatic rings. The molecular weight excluding hydrogens is 302 g/mol. The lowest BCUT2D eigenvalue weighted by Crippen LogP contribution is -2.14. The number of rotatable bonds is 5. The molecule has 0 bridgehead atoms. The average molecular weight is 315 g/mol. The van der Waals surface area contributed by atoms with Crippen LogP contribution in [0.1, 0.15) is 10.6 Å². The number of hydrogen-bond acceptors (Lipinski definition) is 7. The normalized spacial score (nSPS) is 10.3. The van der Waals surface area contributed by atoms with Crippen LogP contribution in [0.3, 0.4) is 0 Å². The zero-order chi connectivity index (χ0) is 16.2. The molecule has 1 amide bonds. The predicted octanol–water partition coefficient (Wildman–Crippen LogP) is 0.655. The van der Waals surface area contributed by atoms with Gasteiger partial charge in [0.15, 0.2) is 0 Å². The third kappa shape index (κ3) is 2.95. The number of hydrogen-bond donors (Lipinski definition) is 2. The molecule has 0 atom stereocenters. The molecule has 10 heteroatoms. The maximum atomic E-state index is 12.2. The summed E-state index contributed by atoms with van der Waals surface area (Å²) in [6.07, 6.45) is 2.86. The molecule has 2 heterocycles. The Hall–Kier alpha value is -3.43. The van der Waals surface area contributed by atoms with E-state index in [4.69, 9.17) is 9.47 Å². The SMILES string of the molecule is COc1ccc(NC(=O)c2nc(-n3cnnc3)n[nH]2)c(OC)c1. The van der Waals surface area contributed by atoms with Crippen LogP contribution in [0.2, 0.25) is 0 Å².